The maximum absolute atomic E-state index is 12.0. The molecule has 6 nitrogen and oxygen atoms in total. The molecule has 0 bridgehead atoms. The first-order chi connectivity index (χ1) is 8.92. The number of aryl methyl sites for hydroxylation is 1. The van der Waals surface area contributed by atoms with E-state index < -0.39 is 5.97 Å². The maximum Gasteiger partial charge on any atom is 0.317 e. The minimum absolute atomic E-state index is 0.0962. The molecule has 0 aliphatic rings. The fourth-order valence-corrected chi connectivity index (χ4v) is 1.67. The van der Waals surface area contributed by atoms with E-state index in [-0.39, 0.29) is 19.0 Å². The van der Waals surface area contributed by atoms with E-state index in [1.54, 1.807) is 11.9 Å². The Bertz CT molecular complexity index is 442. The number of furan rings is 1. The normalized spacial score (nSPS) is 10.7. The van der Waals surface area contributed by atoms with Crippen LogP contribution >= 0.6 is 0 Å². The Kier molecular flexibility index (Phi) is 5.57. The highest BCUT2D eigenvalue weighted by molar-refractivity contribution is 5.78. The molecule has 106 valence electrons. The number of hydrogen-bond acceptors (Lipinski definition) is 4. The van der Waals surface area contributed by atoms with Crippen molar-refractivity contribution >= 4 is 11.9 Å². The third kappa shape index (κ3) is 5.13. The lowest BCUT2D eigenvalue weighted by molar-refractivity contribution is -0.139. The zero-order valence-corrected chi connectivity index (χ0v) is 11.5. The van der Waals surface area contributed by atoms with E-state index in [1.807, 2.05) is 26.0 Å². The fourth-order valence-electron chi connectivity index (χ4n) is 1.67. The monoisotopic (exact) mass is 268 g/mol. The second-order valence-electron chi connectivity index (χ2n) is 4.46. The second kappa shape index (κ2) is 6.94. The van der Waals surface area contributed by atoms with Gasteiger partial charge in [0.25, 0.3) is 0 Å². The van der Waals surface area contributed by atoms with E-state index in [0.717, 1.165) is 11.5 Å². The average molecular weight is 268 g/mol. The zero-order valence-electron chi connectivity index (χ0n) is 11.5. The minimum Gasteiger partial charge on any atom is -0.480 e. The molecule has 0 saturated carbocycles. The van der Waals surface area contributed by atoms with Gasteiger partial charge in [-0.15, -0.1) is 0 Å². The molecule has 0 radical (unpaired) electrons. The van der Waals surface area contributed by atoms with Crippen molar-refractivity contribution in [2.24, 2.45) is 0 Å². The predicted molar refractivity (Wildman–Crippen MR) is 69.7 cm³/mol. The summed E-state index contributed by atoms with van der Waals surface area (Å²) in [5, 5.41) is 8.72. The lowest BCUT2D eigenvalue weighted by atomic mass is 10.3. The van der Waals surface area contributed by atoms with Crippen molar-refractivity contribution in [3.63, 3.8) is 0 Å². The molecule has 0 spiro atoms. The predicted octanol–water partition coefficient (Wildman–Crippen LogP) is 0.953. The van der Waals surface area contributed by atoms with Gasteiger partial charge in [0.2, 0.25) is 5.91 Å². The van der Waals surface area contributed by atoms with Crippen LogP contribution in [0.2, 0.25) is 0 Å². The highest BCUT2D eigenvalue weighted by Crippen LogP contribution is 2.08. The van der Waals surface area contributed by atoms with Crippen LogP contribution in [-0.4, -0.2) is 53.5 Å². The van der Waals surface area contributed by atoms with Gasteiger partial charge < -0.3 is 14.4 Å². The van der Waals surface area contributed by atoms with Crippen LogP contribution in [0.1, 0.15) is 18.4 Å². The Morgan fingerprint density at radius 3 is 2.47 bits per heavy atom. The van der Waals surface area contributed by atoms with Crippen molar-refractivity contribution in [3.05, 3.63) is 23.7 Å². The number of likely N-dealkylation sites (N-methyl/N-ethyl adjacent to an activating group) is 2. The lowest BCUT2D eigenvalue weighted by Gasteiger charge is -2.22. The van der Waals surface area contributed by atoms with E-state index in [2.05, 4.69) is 0 Å². The first kappa shape index (κ1) is 15.2. The van der Waals surface area contributed by atoms with Gasteiger partial charge in [0.1, 0.15) is 11.5 Å². The summed E-state index contributed by atoms with van der Waals surface area (Å²) in [6.07, 6.45) is 0. The summed E-state index contributed by atoms with van der Waals surface area (Å²) >= 11 is 0. The molecule has 1 amide bonds. The summed E-state index contributed by atoms with van der Waals surface area (Å²) in [5.74, 6) is 0.461. The third-order valence-electron chi connectivity index (χ3n) is 2.78. The molecule has 0 aliphatic heterocycles. The molecule has 0 saturated heterocycles. The summed E-state index contributed by atoms with van der Waals surface area (Å²) < 4.78 is 5.40. The molecular formula is C13H20N2O4. The van der Waals surface area contributed by atoms with Crippen molar-refractivity contribution in [1.29, 1.82) is 0 Å². The summed E-state index contributed by atoms with van der Waals surface area (Å²) in [5.41, 5.74) is 0. The van der Waals surface area contributed by atoms with Crippen molar-refractivity contribution in [3.8, 4) is 0 Å². The molecule has 1 N–H and O–H groups in total. The molecule has 6 heteroatoms. The number of carbonyl (C=O) groups excluding carboxylic acids is 1. The second-order valence-corrected chi connectivity index (χ2v) is 4.46. The van der Waals surface area contributed by atoms with Crippen molar-refractivity contribution in [2.45, 2.75) is 20.4 Å². The number of carboxylic acids is 1. The summed E-state index contributed by atoms with van der Waals surface area (Å²) in [7, 11) is 1.68. The Hall–Kier alpha value is -1.82. The SMILES string of the molecule is CCN(CC(=O)O)CC(=O)N(C)Cc1ccc(C)o1. The first-order valence-corrected chi connectivity index (χ1v) is 6.15. The molecule has 1 rings (SSSR count). The van der Waals surface area contributed by atoms with Crippen molar-refractivity contribution in [1.82, 2.24) is 9.80 Å². The summed E-state index contributed by atoms with van der Waals surface area (Å²) in [4.78, 5) is 25.7. The molecule has 0 fully saturated rings. The Morgan fingerprint density at radius 2 is 2.00 bits per heavy atom. The van der Waals surface area contributed by atoms with Gasteiger partial charge in [0.05, 0.1) is 19.6 Å². The van der Waals surface area contributed by atoms with E-state index >= 15 is 0 Å². The molecular weight excluding hydrogens is 248 g/mol. The van der Waals surface area contributed by atoms with E-state index in [1.165, 1.54) is 4.90 Å². The van der Waals surface area contributed by atoms with Crippen molar-refractivity contribution in [2.75, 3.05) is 26.7 Å². The number of aliphatic carboxylic acids is 1. The number of rotatable bonds is 7. The number of amides is 1. The van der Waals surface area contributed by atoms with Gasteiger partial charge in [-0.1, -0.05) is 6.92 Å². The quantitative estimate of drug-likeness (QED) is 0.797. The van der Waals surface area contributed by atoms with Crippen molar-refractivity contribution < 1.29 is 19.1 Å². The van der Waals surface area contributed by atoms with Gasteiger partial charge in [0, 0.05) is 7.05 Å². The first-order valence-electron chi connectivity index (χ1n) is 6.15. The lowest BCUT2D eigenvalue weighted by Crippen LogP contribution is -2.40. The van der Waals surface area contributed by atoms with Gasteiger partial charge in [-0.25, -0.2) is 0 Å². The van der Waals surface area contributed by atoms with Gasteiger partial charge in [-0.05, 0) is 25.6 Å². The Morgan fingerprint density at radius 1 is 1.32 bits per heavy atom. The maximum atomic E-state index is 12.0. The van der Waals surface area contributed by atoms with Crippen LogP contribution in [0.15, 0.2) is 16.5 Å². The topological polar surface area (TPSA) is 74.0 Å². The smallest absolute Gasteiger partial charge is 0.317 e. The van der Waals surface area contributed by atoms with E-state index in [4.69, 9.17) is 9.52 Å². The summed E-state index contributed by atoms with van der Waals surface area (Å²) in [6.45, 7) is 4.54. The van der Waals surface area contributed by atoms with Crippen LogP contribution in [0, 0.1) is 6.92 Å². The van der Waals surface area contributed by atoms with Gasteiger partial charge in [-0.3, -0.25) is 14.5 Å². The fraction of sp³-hybridized carbons (Fsp3) is 0.538. The molecule has 19 heavy (non-hydrogen) atoms. The van der Waals surface area contributed by atoms with E-state index in [0.29, 0.717) is 13.1 Å². The molecule has 0 aromatic carbocycles. The Balaban J connectivity index is 2.49. The standard InChI is InChI=1S/C13H20N2O4/c1-4-15(9-13(17)18)8-12(16)14(3)7-11-6-5-10(2)19-11/h5-6H,4,7-9H2,1-3H3,(H,17,18). The highest BCUT2D eigenvalue weighted by Gasteiger charge is 2.16. The number of carboxylic acid groups (broad SMARTS) is 1. The van der Waals surface area contributed by atoms with Gasteiger partial charge in [-0.2, -0.15) is 0 Å². The van der Waals surface area contributed by atoms with Crippen LogP contribution in [0.3, 0.4) is 0 Å². The molecule has 0 aliphatic carbocycles. The van der Waals surface area contributed by atoms with Gasteiger partial charge >= 0.3 is 5.97 Å². The molecule has 0 unspecified atom stereocenters. The minimum atomic E-state index is -0.932. The largest absolute Gasteiger partial charge is 0.480 e. The molecule has 1 aromatic heterocycles. The summed E-state index contributed by atoms with van der Waals surface area (Å²) in [6, 6.07) is 3.67. The Labute approximate surface area is 112 Å². The van der Waals surface area contributed by atoms with Crippen LogP contribution < -0.4 is 0 Å². The highest BCUT2D eigenvalue weighted by atomic mass is 16.4. The van der Waals surface area contributed by atoms with Crippen LogP contribution in [0.5, 0.6) is 0 Å². The van der Waals surface area contributed by atoms with Gasteiger partial charge in [0.15, 0.2) is 0 Å². The number of nitrogens with zero attached hydrogens (tertiary/aromatic N) is 2. The average Bonchev–Trinajstić information content (AvgIpc) is 2.73. The van der Waals surface area contributed by atoms with Crippen LogP contribution in [0.25, 0.3) is 0 Å². The van der Waals surface area contributed by atoms with Crippen LogP contribution in [-0.2, 0) is 16.1 Å². The number of hydrogen-bond donors (Lipinski definition) is 1. The number of carbonyl (C=O) groups is 2. The zero-order chi connectivity index (χ0) is 14.4. The molecule has 0 atom stereocenters. The van der Waals surface area contributed by atoms with Crippen LogP contribution in [0.4, 0.5) is 0 Å². The molecule has 1 aromatic rings. The molecule has 1 heterocycles. The third-order valence-corrected chi connectivity index (χ3v) is 2.78. The van der Waals surface area contributed by atoms with E-state index in [9.17, 15) is 9.59 Å².